The minimum absolute atomic E-state index is 0.494. The lowest BCUT2D eigenvalue weighted by Gasteiger charge is -2.13. The number of hydrogen-bond donors (Lipinski definition) is 2. The van der Waals surface area contributed by atoms with Crippen LogP contribution in [0.1, 0.15) is 31.8 Å². The molecule has 1 aromatic carbocycles. The van der Waals surface area contributed by atoms with E-state index in [4.69, 9.17) is 20.9 Å². The van der Waals surface area contributed by atoms with E-state index in [1.165, 1.54) is 0 Å². The zero-order valence-electron chi connectivity index (χ0n) is 10.6. The monoisotopic (exact) mass is 337 g/mol. The SMILES string of the molecule is Cc1c(C(=O)O)c([N+](=O)[O-])c(C(=O)O)c(C)c1S(=O)(=O)Cl. The van der Waals surface area contributed by atoms with Crippen molar-refractivity contribution in [2.75, 3.05) is 0 Å². The molecule has 9 nitrogen and oxygen atoms in total. The molecule has 0 aliphatic rings. The van der Waals surface area contributed by atoms with E-state index in [1.54, 1.807) is 0 Å². The number of carboxylic acids is 2. The number of nitro groups is 1. The molecule has 1 aromatic rings. The molecular formula is C10H8ClNO8S. The van der Waals surface area contributed by atoms with Crippen molar-refractivity contribution in [3.8, 4) is 0 Å². The number of hydrogen-bond acceptors (Lipinski definition) is 6. The lowest BCUT2D eigenvalue weighted by molar-refractivity contribution is -0.385. The Balaban J connectivity index is 4.25. The number of benzene rings is 1. The number of carboxylic acid groups (broad SMARTS) is 2. The molecule has 11 heteroatoms. The maximum Gasteiger partial charge on any atom is 0.343 e. The van der Waals surface area contributed by atoms with Crippen LogP contribution in [0.2, 0.25) is 0 Å². The zero-order chi connectivity index (χ0) is 16.7. The van der Waals surface area contributed by atoms with E-state index in [-0.39, 0.29) is 0 Å². The molecule has 0 fully saturated rings. The molecule has 0 aliphatic heterocycles. The fraction of sp³-hybridized carbons (Fsp3) is 0.200. The summed E-state index contributed by atoms with van der Waals surface area (Å²) in [4.78, 5) is 31.4. The molecule has 0 bridgehead atoms. The number of halogens is 1. The Labute approximate surface area is 122 Å². The van der Waals surface area contributed by atoms with Crippen LogP contribution in [0.4, 0.5) is 5.69 Å². The van der Waals surface area contributed by atoms with E-state index in [0.717, 1.165) is 13.8 Å². The van der Waals surface area contributed by atoms with Gasteiger partial charge in [0.05, 0.1) is 9.82 Å². The minimum Gasteiger partial charge on any atom is -0.477 e. The Bertz CT molecular complexity index is 742. The van der Waals surface area contributed by atoms with Crippen LogP contribution in [0, 0.1) is 24.0 Å². The summed E-state index contributed by atoms with van der Waals surface area (Å²) < 4.78 is 23.0. The molecular weight excluding hydrogens is 330 g/mol. The van der Waals surface area contributed by atoms with Gasteiger partial charge in [0.2, 0.25) is 0 Å². The summed E-state index contributed by atoms with van der Waals surface area (Å²) in [5.41, 5.74) is -4.23. The number of carbonyl (C=O) groups is 2. The Kier molecular flexibility index (Phi) is 4.25. The highest BCUT2D eigenvalue weighted by Crippen LogP contribution is 2.37. The predicted octanol–water partition coefficient (Wildman–Crippen LogP) is 1.54. The van der Waals surface area contributed by atoms with Gasteiger partial charge in [-0.2, -0.15) is 0 Å². The maximum absolute atomic E-state index is 11.5. The van der Waals surface area contributed by atoms with E-state index in [9.17, 15) is 28.1 Å². The summed E-state index contributed by atoms with van der Waals surface area (Å²) in [6.45, 7) is 2.01. The summed E-state index contributed by atoms with van der Waals surface area (Å²) in [5, 5.41) is 29.1. The summed E-state index contributed by atoms with van der Waals surface area (Å²) in [7, 11) is 0.675. The fourth-order valence-corrected chi connectivity index (χ4v) is 3.69. The van der Waals surface area contributed by atoms with Gasteiger partial charge in [-0.15, -0.1) is 0 Å². The Morgan fingerprint density at radius 1 is 1.10 bits per heavy atom. The molecule has 0 radical (unpaired) electrons. The molecule has 0 spiro atoms. The van der Waals surface area contributed by atoms with Crippen molar-refractivity contribution in [3.63, 3.8) is 0 Å². The average Bonchev–Trinajstić information content (AvgIpc) is 2.24. The number of nitro benzene ring substituents is 1. The second-order valence-corrected chi connectivity index (χ2v) is 6.49. The third-order valence-electron chi connectivity index (χ3n) is 2.76. The number of rotatable bonds is 4. The number of aromatic carboxylic acids is 2. The van der Waals surface area contributed by atoms with Gasteiger partial charge in [-0.05, 0) is 25.0 Å². The molecule has 1 rings (SSSR count). The molecule has 0 saturated heterocycles. The van der Waals surface area contributed by atoms with Gasteiger partial charge < -0.3 is 10.2 Å². The highest BCUT2D eigenvalue weighted by atomic mass is 35.7. The summed E-state index contributed by atoms with van der Waals surface area (Å²) >= 11 is 0. The Morgan fingerprint density at radius 2 is 1.43 bits per heavy atom. The van der Waals surface area contributed by atoms with E-state index >= 15 is 0 Å². The quantitative estimate of drug-likeness (QED) is 0.476. The van der Waals surface area contributed by atoms with Gasteiger partial charge in [-0.25, -0.2) is 18.0 Å². The molecule has 21 heavy (non-hydrogen) atoms. The van der Waals surface area contributed by atoms with Crippen LogP contribution < -0.4 is 0 Å². The van der Waals surface area contributed by atoms with E-state index < -0.39 is 58.7 Å². The van der Waals surface area contributed by atoms with Crippen LogP contribution >= 0.6 is 10.7 Å². The average molecular weight is 338 g/mol. The Hall–Kier alpha value is -2.20. The molecule has 0 unspecified atom stereocenters. The summed E-state index contributed by atoms with van der Waals surface area (Å²) in [5.74, 6) is -3.66. The molecule has 0 amide bonds. The molecule has 2 N–H and O–H groups in total. The van der Waals surface area contributed by atoms with E-state index in [2.05, 4.69) is 0 Å². The standard InChI is InChI=1S/C10H8ClNO8S/c1-3-5(9(13)14)7(12(17)18)6(10(15)16)4(2)8(3)21(11,19)20/h1-2H3,(H,13,14)(H,15,16). The van der Waals surface area contributed by atoms with Gasteiger partial charge in [0, 0.05) is 10.7 Å². The molecule has 0 aliphatic carbocycles. The van der Waals surface area contributed by atoms with Crippen molar-refractivity contribution in [2.24, 2.45) is 0 Å². The van der Waals surface area contributed by atoms with Crippen LogP contribution in [0.25, 0.3) is 0 Å². The predicted molar refractivity (Wildman–Crippen MR) is 69.5 cm³/mol. The Morgan fingerprint density at radius 3 is 1.62 bits per heavy atom. The third-order valence-corrected chi connectivity index (χ3v) is 4.32. The van der Waals surface area contributed by atoms with Crippen molar-refractivity contribution in [1.82, 2.24) is 0 Å². The second kappa shape index (κ2) is 5.30. The summed E-state index contributed by atoms with van der Waals surface area (Å²) in [6, 6.07) is 0. The van der Waals surface area contributed by atoms with Crippen LogP contribution in [-0.2, 0) is 9.05 Å². The lowest BCUT2D eigenvalue weighted by atomic mass is 9.96. The van der Waals surface area contributed by atoms with Crippen LogP contribution in [-0.4, -0.2) is 35.5 Å². The normalized spacial score (nSPS) is 11.2. The van der Waals surface area contributed by atoms with Crippen LogP contribution in [0.3, 0.4) is 0 Å². The highest BCUT2D eigenvalue weighted by Gasteiger charge is 2.37. The van der Waals surface area contributed by atoms with Crippen molar-refractivity contribution in [2.45, 2.75) is 18.7 Å². The third kappa shape index (κ3) is 2.81. The first-order valence-corrected chi connectivity index (χ1v) is 7.45. The fourth-order valence-electron chi connectivity index (χ4n) is 2.06. The van der Waals surface area contributed by atoms with Crippen molar-refractivity contribution < 1.29 is 33.1 Å². The first-order valence-electron chi connectivity index (χ1n) is 5.14. The van der Waals surface area contributed by atoms with Gasteiger partial charge in [0.25, 0.3) is 14.7 Å². The molecule has 0 saturated carbocycles. The van der Waals surface area contributed by atoms with Gasteiger partial charge >= 0.3 is 11.9 Å². The zero-order valence-corrected chi connectivity index (χ0v) is 12.1. The van der Waals surface area contributed by atoms with Crippen LogP contribution in [0.5, 0.6) is 0 Å². The second-order valence-electron chi connectivity index (χ2n) is 3.98. The molecule has 0 atom stereocenters. The molecule has 0 heterocycles. The van der Waals surface area contributed by atoms with E-state index in [0.29, 0.717) is 0 Å². The topological polar surface area (TPSA) is 152 Å². The molecule has 0 aromatic heterocycles. The smallest absolute Gasteiger partial charge is 0.343 e. The van der Waals surface area contributed by atoms with Gasteiger partial charge in [-0.1, -0.05) is 0 Å². The largest absolute Gasteiger partial charge is 0.477 e. The van der Waals surface area contributed by atoms with Crippen LogP contribution in [0.15, 0.2) is 4.90 Å². The highest BCUT2D eigenvalue weighted by molar-refractivity contribution is 8.13. The minimum atomic E-state index is -4.50. The van der Waals surface area contributed by atoms with Crippen molar-refractivity contribution >= 4 is 37.4 Å². The molecule has 114 valence electrons. The number of nitrogens with zero attached hydrogens (tertiary/aromatic N) is 1. The van der Waals surface area contributed by atoms with Gasteiger partial charge in [0.15, 0.2) is 0 Å². The van der Waals surface area contributed by atoms with Gasteiger partial charge in [0.1, 0.15) is 11.1 Å². The maximum atomic E-state index is 11.5. The van der Waals surface area contributed by atoms with E-state index in [1.807, 2.05) is 0 Å². The van der Waals surface area contributed by atoms with Crippen molar-refractivity contribution in [1.29, 1.82) is 0 Å². The summed E-state index contributed by atoms with van der Waals surface area (Å²) in [6.07, 6.45) is 0. The first kappa shape index (κ1) is 16.9. The lowest BCUT2D eigenvalue weighted by Crippen LogP contribution is -2.16. The van der Waals surface area contributed by atoms with Crippen molar-refractivity contribution in [3.05, 3.63) is 32.4 Å². The first-order chi connectivity index (χ1) is 9.41. The van der Waals surface area contributed by atoms with Gasteiger partial charge in [-0.3, -0.25) is 10.1 Å².